The normalized spacial score (nSPS) is 13.8. The maximum Gasteiger partial charge on any atom is 0.270 e. The Kier molecular flexibility index (Phi) is 4.18. The van der Waals surface area contributed by atoms with Crippen LogP contribution in [0.2, 0.25) is 0 Å². The van der Waals surface area contributed by atoms with E-state index in [1.807, 2.05) is 19.9 Å². The zero-order valence-electron chi connectivity index (χ0n) is 9.88. The first-order valence-electron chi connectivity index (χ1n) is 5.45. The number of hydrogen-bond donors (Lipinski definition) is 1. The minimum atomic E-state index is -0.505. The summed E-state index contributed by atoms with van der Waals surface area (Å²) in [6.07, 6.45) is 0.795. The van der Waals surface area contributed by atoms with Gasteiger partial charge in [0.2, 0.25) is 0 Å². The highest BCUT2D eigenvalue weighted by atomic mass is 16.6. The molecule has 0 aliphatic carbocycles. The van der Waals surface area contributed by atoms with E-state index >= 15 is 0 Å². The molecule has 0 saturated carbocycles. The van der Waals surface area contributed by atoms with Crippen molar-refractivity contribution in [3.05, 3.63) is 39.4 Å². The molecule has 2 N–H and O–H groups in total. The second-order valence-electron chi connectivity index (χ2n) is 4.00. The van der Waals surface area contributed by atoms with Crippen molar-refractivity contribution in [1.82, 2.24) is 0 Å². The second kappa shape index (κ2) is 5.41. The van der Waals surface area contributed by atoms with Gasteiger partial charge in [-0.1, -0.05) is 19.9 Å². The van der Waals surface area contributed by atoms with Crippen molar-refractivity contribution in [2.24, 2.45) is 5.73 Å². The summed E-state index contributed by atoms with van der Waals surface area (Å²) in [6.45, 7) is 3.90. The van der Waals surface area contributed by atoms with Gasteiger partial charge in [0.1, 0.15) is 0 Å². The lowest BCUT2D eigenvalue weighted by molar-refractivity contribution is -0.384. The smallest absolute Gasteiger partial charge is 0.270 e. The van der Waals surface area contributed by atoms with Crippen LogP contribution in [0.1, 0.15) is 37.3 Å². The van der Waals surface area contributed by atoms with E-state index in [1.165, 1.54) is 12.1 Å². The van der Waals surface area contributed by atoms with Crippen LogP contribution in [0.25, 0.3) is 0 Å². The Morgan fingerprint density at radius 1 is 1.59 bits per heavy atom. The molecule has 0 amide bonds. The number of nitro benzene ring substituents is 1. The van der Waals surface area contributed by atoms with Gasteiger partial charge in [-0.25, -0.2) is 0 Å². The van der Waals surface area contributed by atoms with Gasteiger partial charge < -0.3 is 5.73 Å². The highest BCUT2D eigenvalue weighted by Crippen LogP contribution is 2.26. The maximum atomic E-state index is 10.6. The molecule has 1 aromatic carbocycles. The summed E-state index contributed by atoms with van der Waals surface area (Å²) < 4.78 is 0. The molecule has 1 aromatic rings. The first-order valence-corrected chi connectivity index (χ1v) is 5.45. The predicted octanol–water partition coefficient (Wildman–Crippen LogP) is 2.31. The highest BCUT2D eigenvalue weighted by molar-refractivity contribution is 5.48. The number of nitriles is 1. The third-order valence-electron chi connectivity index (χ3n) is 2.97. The van der Waals surface area contributed by atoms with E-state index in [-0.39, 0.29) is 17.6 Å². The molecule has 5 heteroatoms. The van der Waals surface area contributed by atoms with Gasteiger partial charge in [-0.15, -0.1) is 0 Å². The third-order valence-corrected chi connectivity index (χ3v) is 2.97. The lowest BCUT2D eigenvalue weighted by Gasteiger charge is -2.19. The lowest BCUT2D eigenvalue weighted by atomic mass is 9.89. The molecular weight excluding hydrogens is 218 g/mol. The number of rotatable bonds is 4. The summed E-state index contributed by atoms with van der Waals surface area (Å²) in [5.41, 5.74) is 6.96. The number of hydrogen-bond acceptors (Lipinski definition) is 4. The van der Waals surface area contributed by atoms with Crippen LogP contribution in [0.5, 0.6) is 0 Å². The van der Waals surface area contributed by atoms with Crippen LogP contribution in [0.15, 0.2) is 18.2 Å². The van der Waals surface area contributed by atoms with E-state index in [0.29, 0.717) is 5.56 Å². The zero-order valence-corrected chi connectivity index (χ0v) is 9.88. The number of non-ortho nitro benzene ring substituents is 1. The topological polar surface area (TPSA) is 92.9 Å². The molecule has 0 saturated heterocycles. The molecule has 5 nitrogen and oxygen atoms in total. The van der Waals surface area contributed by atoms with Gasteiger partial charge in [0.05, 0.1) is 16.6 Å². The SMILES string of the molecule is CCC(N)C(C)c1ccc([N+](=O)[O-])cc1C#N. The summed E-state index contributed by atoms with van der Waals surface area (Å²) >= 11 is 0. The molecule has 0 aliphatic rings. The van der Waals surface area contributed by atoms with Crippen LogP contribution in [0, 0.1) is 21.4 Å². The van der Waals surface area contributed by atoms with Crippen molar-refractivity contribution in [1.29, 1.82) is 5.26 Å². The Bertz CT molecular complexity index is 465. The number of nitrogens with two attached hydrogens (primary N) is 1. The van der Waals surface area contributed by atoms with E-state index < -0.39 is 4.92 Å². The monoisotopic (exact) mass is 233 g/mol. The van der Waals surface area contributed by atoms with Crippen molar-refractivity contribution in [3.63, 3.8) is 0 Å². The maximum absolute atomic E-state index is 10.6. The Hall–Kier alpha value is -1.93. The van der Waals surface area contributed by atoms with Crippen molar-refractivity contribution in [3.8, 4) is 6.07 Å². The quantitative estimate of drug-likeness (QED) is 0.637. The van der Waals surface area contributed by atoms with Gasteiger partial charge >= 0.3 is 0 Å². The third kappa shape index (κ3) is 2.80. The van der Waals surface area contributed by atoms with Crippen LogP contribution in [-0.2, 0) is 0 Å². The van der Waals surface area contributed by atoms with Crippen LogP contribution >= 0.6 is 0 Å². The van der Waals surface area contributed by atoms with Crippen molar-refractivity contribution in [2.75, 3.05) is 0 Å². The van der Waals surface area contributed by atoms with Crippen LogP contribution in [0.4, 0.5) is 5.69 Å². The zero-order chi connectivity index (χ0) is 13.0. The molecule has 0 aromatic heterocycles. The molecule has 0 aliphatic heterocycles. The fourth-order valence-corrected chi connectivity index (χ4v) is 1.74. The summed E-state index contributed by atoms with van der Waals surface area (Å²) in [6, 6.07) is 6.27. The molecule has 0 bridgehead atoms. The van der Waals surface area contributed by atoms with E-state index in [9.17, 15) is 10.1 Å². The molecule has 0 fully saturated rings. The molecule has 17 heavy (non-hydrogen) atoms. The largest absolute Gasteiger partial charge is 0.327 e. The van der Waals surface area contributed by atoms with Gasteiger partial charge in [0, 0.05) is 18.2 Å². The fourth-order valence-electron chi connectivity index (χ4n) is 1.74. The average molecular weight is 233 g/mol. The molecule has 0 spiro atoms. The standard InChI is InChI=1S/C12H15N3O2/c1-3-12(14)8(2)11-5-4-10(15(16)17)6-9(11)7-13/h4-6,8,12H,3,14H2,1-2H3. The first-order chi connectivity index (χ1) is 8.01. The average Bonchev–Trinajstić information content (AvgIpc) is 2.35. The molecule has 1 rings (SSSR count). The van der Waals surface area contributed by atoms with Crippen LogP contribution in [0.3, 0.4) is 0 Å². The van der Waals surface area contributed by atoms with Gasteiger partial charge in [0.25, 0.3) is 5.69 Å². The van der Waals surface area contributed by atoms with Crippen molar-refractivity contribution < 1.29 is 4.92 Å². The summed E-state index contributed by atoms with van der Waals surface area (Å²) in [7, 11) is 0. The molecule has 0 heterocycles. The Balaban J connectivity index is 3.18. The van der Waals surface area contributed by atoms with E-state index in [4.69, 9.17) is 11.0 Å². The molecule has 2 unspecified atom stereocenters. The van der Waals surface area contributed by atoms with Crippen molar-refractivity contribution in [2.45, 2.75) is 32.2 Å². The van der Waals surface area contributed by atoms with Crippen molar-refractivity contribution >= 4 is 5.69 Å². The molecule has 0 radical (unpaired) electrons. The molecule has 2 atom stereocenters. The minimum Gasteiger partial charge on any atom is -0.327 e. The summed E-state index contributed by atoms with van der Waals surface area (Å²) in [4.78, 5) is 10.1. The number of nitro groups is 1. The van der Waals surface area contributed by atoms with Crippen LogP contribution < -0.4 is 5.73 Å². The first kappa shape index (κ1) is 13.1. The van der Waals surface area contributed by atoms with Gasteiger partial charge in [0.15, 0.2) is 0 Å². The minimum absolute atomic E-state index is 0.00968. The van der Waals surface area contributed by atoms with E-state index in [0.717, 1.165) is 12.0 Å². The summed E-state index contributed by atoms with van der Waals surface area (Å²) in [5, 5.41) is 19.6. The van der Waals surface area contributed by atoms with Gasteiger partial charge in [-0.2, -0.15) is 5.26 Å². The van der Waals surface area contributed by atoms with E-state index in [1.54, 1.807) is 6.07 Å². The lowest BCUT2D eigenvalue weighted by Crippen LogP contribution is -2.26. The second-order valence-corrected chi connectivity index (χ2v) is 4.00. The summed E-state index contributed by atoms with van der Waals surface area (Å²) in [5.74, 6) is 0.00968. The Labute approximate surface area is 100 Å². The van der Waals surface area contributed by atoms with Gasteiger partial charge in [-0.3, -0.25) is 10.1 Å². The Morgan fingerprint density at radius 3 is 2.71 bits per heavy atom. The van der Waals surface area contributed by atoms with E-state index in [2.05, 4.69) is 0 Å². The van der Waals surface area contributed by atoms with Crippen LogP contribution in [-0.4, -0.2) is 11.0 Å². The highest BCUT2D eigenvalue weighted by Gasteiger charge is 2.19. The predicted molar refractivity (Wildman–Crippen MR) is 64.5 cm³/mol. The molecular formula is C12H15N3O2. The number of benzene rings is 1. The van der Waals surface area contributed by atoms with Gasteiger partial charge in [-0.05, 0) is 17.9 Å². The fraction of sp³-hybridized carbons (Fsp3) is 0.417. The molecule has 90 valence electrons. The Morgan fingerprint density at radius 2 is 2.24 bits per heavy atom. The number of nitrogens with zero attached hydrogens (tertiary/aromatic N) is 2.